The highest BCUT2D eigenvalue weighted by Gasteiger charge is 2.68. The third-order valence-electron chi connectivity index (χ3n) is 5.37. The van der Waals surface area contributed by atoms with Crippen LogP contribution in [0.1, 0.15) is 36.0 Å². The smallest absolute Gasteiger partial charge is 0.258 e. The second-order valence-electron chi connectivity index (χ2n) is 7.73. The number of nitrogens with zero attached hydrogens (tertiary/aromatic N) is 2. The Kier molecular flexibility index (Phi) is 4.22. The summed E-state index contributed by atoms with van der Waals surface area (Å²) in [6, 6.07) is 4.04. The quantitative estimate of drug-likeness (QED) is 0.736. The summed E-state index contributed by atoms with van der Waals surface area (Å²) in [5.41, 5.74) is 0.408. The molecule has 2 bridgehead atoms. The Morgan fingerprint density at radius 3 is 2.74 bits per heavy atom. The van der Waals surface area contributed by atoms with Crippen molar-refractivity contribution in [3.05, 3.63) is 47.0 Å². The van der Waals surface area contributed by atoms with Gasteiger partial charge in [0.2, 0.25) is 0 Å². The summed E-state index contributed by atoms with van der Waals surface area (Å²) < 4.78 is 20.3. The van der Waals surface area contributed by atoms with Crippen molar-refractivity contribution in [2.24, 2.45) is 12.5 Å². The van der Waals surface area contributed by atoms with Crippen molar-refractivity contribution in [2.45, 2.75) is 31.2 Å². The second-order valence-corrected chi connectivity index (χ2v) is 8.13. The molecule has 0 aliphatic heterocycles. The van der Waals surface area contributed by atoms with E-state index in [2.05, 4.69) is 10.4 Å². The minimum Gasteiger partial charge on any atom is -0.484 e. The number of rotatable bonds is 7. The van der Waals surface area contributed by atoms with Crippen LogP contribution in [0.15, 0.2) is 30.6 Å². The molecule has 27 heavy (non-hydrogen) atoms. The van der Waals surface area contributed by atoms with E-state index in [0.29, 0.717) is 12.0 Å². The monoisotopic (exact) mass is 391 g/mol. The van der Waals surface area contributed by atoms with Crippen LogP contribution in [0.3, 0.4) is 0 Å². The molecule has 1 heterocycles. The summed E-state index contributed by atoms with van der Waals surface area (Å²) >= 11 is 5.61. The molecule has 5 rings (SSSR count). The predicted octanol–water partition coefficient (Wildman–Crippen LogP) is 2.90. The molecule has 0 radical (unpaired) electrons. The lowest BCUT2D eigenvalue weighted by Crippen LogP contribution is -2.75. The van der Waals surface area contributed by atoms with Gasteiger partial charge >= 0.3 is 0 Å². The fourth-order valence-electron chi connectivity index (χ4n) is 4.37. The van der Waals surface area contributed by atoms with E-state index in [-0.39, 0.29) is 40.0 Å². The number of carbonyl (C=O) groups is 2. The molecule has 0 saturated heterocycles. The maximum atomic E-state index is 13.4. The molecule has 3 aliphatic carbocycles. The first kappa shape index (κ1) is 18.0. The maximum absolute atomic E-state index is 13.4. The highest BCUT2D eigenvalue weighted by molar-refractivity contribution is 6.30. The van der Waals surface area contributed by atoms with Gasteiger partial charge in [0.1, 0.15) is 11.6 Å². The van der Waals surface area contributed by atoms with Crippen LogP contribution in [-0.2, 0) is 11.8 Å². The SMILES string of the molecule is Cn1cc(C(=O)CC23CC(NC(=O)COc4ccc(Cl)c(F)c4)(C2)C3)cn1. The normalized spacial score (nSPS) is 25.3. The molecule has 0 atom stereocenters. The van der Waals surface area contributed by atoms with Gasteiger partial charge < -0.3 is 10.1 Å². The van der Waals surface area contributed by atoms with Gasteiger partial charge in [-0.25, -0.2) is 4.39 Å². The molecule has 3 fully saturated rings. The molecule has 2 aromatic rings. The van der Waals surface area contributed by atoms with Gasteiger partial charge in [-0.05, 0) is 36.8 Å². The number of carbonyl (C=O) groups excluding carboxylic acids is 2. The van der Waals surface area contributed by atoms with E-state index >= 15 is 0 Å². The largest absolute Gasteiger partial charge is 0.484 e. The summed E-state index contributed by atoms with van der Waals surface area (Å²) in [5, 5.41) is 7.02. The third-order valence-corrected chi connectivity index (χ3v) is 5.67. The van der Waals surface area contributed by atoms with Crippen LogP contribution in [0.2, 0.25) is 5.02 Å². The van der Waals surface area contributed by atoms with Gasteiger partial charge in [0.25, 0.3) is 5.91 Å². The first-order chi connectivity index (χ1) is 12.8. The number of halogens is 2. The first-order valence-corrected chi connectivity index (χ1v) is 9.07. The van der Waals surface area contributed by atoms with Crippen LogP contribution in [0.5, 0.6) is 5.75 Å². The van der Waals surface area contributed by atoms with Crippen molar-refractivity contribution < 1.29 is 18.7 Å². The van der Waals surface area contributed by atoms with Crippen LogP contribution in [-0.4, -0.2) is 33.6 Å². The highest BCUT2D eigenvalue weighted by atomic mass is 35.5. The van der Waals surface area contributed by atoms with E-state index in [1.54, 1.807) is 24.1 Å². The third kappa shape index (κ3) is 3.43. The van der Waals surface area contributed by atoms with E-state index in [1.165, 1.54) is 12.1 Å². The predicted molar refractivity (Wildman–Crippen MR) is 96.2 cm³/mol. The Balaban J connectivity index is 1.23. The standard InChI is InChI=1S/C19H19ClFN3O3/c1-24-7-12(6-22-24)16(25)5-18-9-19(10-18,11-18)23-17(26)8-27-13-2-3-14(20)15(21)4-13/h2-4,6-7H,5,8-11H2,1H3,(H,23,26). The average Bonchev–Trinajstić information content (AvgIpc) is 2.99. The molecule has 1 amide bonds. The molecule has 3 aliphatic rings. The van der Waals surface area contributed by atoms with Gasteiger partial charge in [-0.1, -0.05) is 11.6 Å². The summed E-state index contributed by atoms with van der Waals surface area (Å²) in [7, 11) is 1.78. The summed E-state index contributed by atoms with van der Waals surface area (Å²) in [4.78, 5) is 24.4. The molecular weight excluding hydrogens is 373 g/mol. The van der Waals surface area contributed by atoms with Crippen LogP contribution in [0.4, 0.5) is 4.39 Å². The molecule has 8 heteroatoms. The van der Waals surface area contributed by atoms with Gasteiger partial charge in [-0.2, -0.15) is 5.10 Å². The van der Waals surface area contributed by atoms with Gasteiger partial charge in [0, 0.05) is 31.3 Å². The summed E-state index contributed by atoms with van der Waals surface area (Å²) in [6.45, 7) is -0.190. The van der Waals surface area contributed by atoms with Crippen molar-refractivity contribution in [2.75, 3.05) is 6.61 Å². The number of aryl methyl sites for hydroxylation is 1. The second kappa shape index (κ2) is 6.34. The summed E-state index contributed by atoms with van der Waals surface area (Å²) in [6.07, 6.45) is 6.19. The molecule has 0 spiro atoms. The Labute approximate surface area is 160 Å². The number of aromatic nitrogens is 2. The number of benzene rings is 1. The van der Waals surface area contributed by atoms with E-state index in [0.717, 1.165) is 25.3 Å². The van der Waals surface area contributed by atoms with Gasteiger partial charge in [0.05, 0.1) is 16.8 Å². The number of hydrogen-bond acceptors (Lipinski definition) is 4. The Hall–Kier alpha value is -2.41. The zero-order valence-electron chi connectivity index (χ0n) is 14.8. The molecule has 6 nitrogen and oxygen atoms in total. The minimum absolute atomic E-state index is 0.000367. The lowest BCUT2D eigenvalue weighted by Gasteiger charge is -2.70. The molecule has 1 N–H and O–H groups in total. The van der Waals surface area contributed by atoms with Crippen LogP contribution >= 0.6 is 11.6 Å². The zero-order chi connectivity index (χ0) is 19.2. The van der Waals surface area contributed by atoms with Gasteiger partial charge in [0.15, 0.2) is 12.4 Å². The first-order valence-electron chi connectivity index (χ1n) is 8.69. The molecule has 142 valence electrons. The lowest BCUT2D eigenvalue weighted by atomic mass is 9.38. The maximum Gasteiger partial charge on any atom is 0.258 e. The lowest BCUT2D eigenvalue weighted by molar-refractivity contribution is -0.164. The van der Waals surface area contributed by atoms with E-state index in [9.17, 15) is 14.0 Å². The number of nitrogens with one attached hydrogen (secondary N) is 1. The van der Waals surface area contributed by atoms with Crippen molar-refractivity contribution in [3.63, 3.8) is 0 Å². The average molecular weight is 392 g/mol. The van der Waals surface area contributed by atoms with E-state index in [4.69, 9.17) is 16.3 Å². The Morgan fingerprint density at radius 1 is 1.37 bits per heavy atom. The van der Waals surface area contributed by atoms with E-state index < -0.39 is 5.82 Å². The van der Waals surface area contributed by atoms with E-state index in [1.807, 2.05) is 0 Å². The molecular formula is C19H19ClFN3O3. The number of Topliss-reactive ketones (excluding diaryl/α,β-unsaturated/α-hetero) is 1. The number of ketones is 1. The van der Waals surface area contributed by atoms with Crippen LogP contribution < -0.4 is 10.1 Å². The molecule has 0 unspecified atom stereocenters. The topological polar surface area (TPSA) is 73.2 Å². The molecule has 3 saturated carbocycles. The summed E-state index contributed by atoms with van der Waals surface area (Å²) in [5.74, 6) is -0.495. The fraction of sp³-hybridized carbons (Fsp3) is 0.421. The number of amides is 1. The van der Waals surface area contributed by atoms with Crippen LogP contribution in [0, 0.1) is 11.2 Å². The van der Waals surface area contributed by atoms with Crippen LogP contribution in [0.25, 0.3) is 0 Å². The van der Waals surface area contributed by atoms with Crippen molar-refractivity contribution in [1.82, 2.24) is 15.1 Å². The van der Waals surface area contributed by atoms with Gasteiger partial charge in [-0.15, -0.1) is 0 Å². The molecule has 1 aromatic heterocycles. The highest BCUT2D eigenvalue weighted by Crippen LogP contribution is 2.69. The Morgan fingerprint density at radius 2 is 2.11 bits per heavy atom. The Bertz CT molecular complexity index is 907. The fourth-order valence-corrected chi connectivity index (χ4v) is 4.49. The van der Waals surface area contributed by atoms with Crippen molar-refractivity contribution in [3.8, 4) is 5.75 Å². The van der Waals surface area contributed by atoms with Crippen molar-refractivity contribution >= 4 is 23.3 Å². The van der Waals surface area contributed by atoms with Gasteiger partial charge in [-0.3, -0.25) is 14.3 Å². The zero-order valence-corrected chi connectivity index (χ0v) is 15.6. The minimum atomic E-state index is -0.589. The number of hydrogen-bond donors (Lipinski definition) is 1. The molecule has 1 aromatic carbocycles. The van der Waals surface area contributed by atoms with Crippen molar-refractivity contribution in [1.29, 1.82) is 0 Å². The number of ether oxygens (including phenoxy) is 1.